The molecule has 32 heavy (non-hydrogen) atoms. The molecule has 0 bridgehead atoms. The standard InChI is InChI=1S/C22H23F3N4O3/c1-14-10-29(17-4-2-3-16(23)18(17)32-14)20(30)15-9-26-13-27-19(15)28-7-5-22(24,25)21(11-28)6-8-31-12-21/h2-4,9,13-14H,5-8,10-12H2,1H3. The maximum atomic E-state index is 14.8. The Morgan fingerprint density at radius 2 is 2.12 bits per heavy atom. The molecule has 4 heterocycles. The van der Waals surface area contributed by atoms with E-state index in [1.807, 2.05) is 0 Å². The molecule has 3 aliphatic heterocycles. The Labute approximate surface area is 183 Å². The third-order valence-electron chi connectivity index (χ3n) is 6.53. The minimum absolute atomic E-state index is 0.0117. The van der Waals surface area contributed by atoms with Gasteiger partial charge in [-0.15, -0.1) is 0 Å². The average molecular weight is 448 g/mol. The van der Waals surface area contributed by atoms with Crippen LogP contribution < -0.4 is 14.5 Å². The monoisotopic (exact) mass is 448 g/mol. The van der Waals surface area contributed by atoms with Crippen molar-refractivity contribution in [3.8, 4) is 5.75 Å². The lowest BCUT2D eigenvalue weighted by atomic mass is 9.75. The van der Waals surface area contributed by atoms with Crippen LogP contribution in [0, 0.1) is 11.2 Å². The van der Waals surface area contributed by atoms with Gasteiger partial charge in [-0.1, -0.05) is 6.07 Å². The van der Waals surface area contributed by atoms with E-state index in [1.165, 1.54) is 29.6 Å². The minimum atomic E-state index is -2.85. The van der Waals surface area contributed by atoms with E-state index in [9.17, 15) is 18.0 Å². The molecule has 2 fully saturated rings. The summed E-state index contributed by atoms with van der Waals surface area (Å²) in [6, 6.07) is 4.39. The Morgan fingerprint density at radius 1 is 1.28 bits per heavy atom. The van der Waals surface area contributed by atoms with Crippen LogP contribution in [0.25, 0.3) is 0 Å². The zero-order valence-electron chi connectivity index (χ0n) is 17.6. The second kappa shape index (κ2) is 7.61. The molecule has 2 atom stereocenters. The van der Waals surface area contributed by atoms with Crippen molar-refractivity contribution in [1.82, 2.24) is 9.97 Å². The molecule has 0 radical (unpaired) electrons. The number of halogens is 3. The van der Waals surface area contributed by atoms with Gasteiger partial charge in [0.2, 0.25) is 0 Å². The zero-order valence-corrected chi connectivity index (χ0v) is 17.6. The van der Waals surface area contributed by atoms with E-state index >= 15 is 0 Å². The van der Waals surface area contributed by atoms with Crippen LogP contribution in [0.2, 0.25) is 0 Å². The molecular formula is C22H23F3N4O3. The van der Waals surface area contributed by atoms with E-state index in [1.54, 1.807) is 17.9 Å². The van der Waals surface area contributed by atoms with Crippen molar-refractivity contribution in [2.24, 2.45) is 5.41 Å². The summed E-state index contributed by atoms with van der Waals surface area (Å²) < 4.78 is 54.8. The SMILES string of the molecule is CC1CN(C(=O)c2cncnc2N2CCC(F)(F)C3(CCOC3)C2)c2cccc(F)c2O1. The number of benzene rings is 1. The fraction of sp³-hybridized carbons (Fsp3) is 0.500. The van der Waals surface area contributed by atoms with Crippen LogP contribution in [0.15, 0.2) is 30.7 Å². The number of hydrogen-bond acceptors (Lipinski definition) is 6. The van der Waals surface area contributed by atoms with E-state index in [-0.39, 0.29) is 57.0 Å². The van der Waals surface area contributed by atoms with E-state index in [4.69, 9.17) is 9.47 Å². The molecule has 2 unspecified atom stereocenters. The van der Waals surface area contributed by atoms with Gasteiger partial charge in [-0.05, 0) is 25.5 Å². The first-order chi connectivity index (χ1) is 15.3. The molecule has 0 aliphatic carbocycles. The lowest BCUT2D eigenvalue weighted by Gasteiger charge is -2.45. The van der Waals surface area contributed by atoms with Crippen molar-refractivity contribution in [3.05, 3.63) is 42.1 Å². The fourth-order valence-electron chi connectivity index (χ4n) is 4.79. The van der Waals surface area contributed by atoms with Gasteiger partial charge < -0.3 is 19.3 Å². The van der Waals surface area contributed by atoms with E-state index < -0.39 is 29.2 Å². The van der Waals surface area contributed by atoms with Crippen molar-refractivity contribution in [2.75, 3.05) is 42.6 Å². The van der Waals surface area contributed by atoms with Gasteiger partial charge in [0.1, 0.15) is 23.8 Å². The quantitative estimate of drug-likeness (QED) is 0.703. The van der Waals surface area contributed by atoms with Gasteiger partial charge >= 0.3 is 0 Å². The third kappa shape index (κ3) is 3.28. The molecule has 1 aromatic carbocycles. The van der Waals surface area contributed by atoms with Gasteiger partial charge in [-0.25, -0.2) is 23.1 Å². The number of nitrogens with zero attached hydrogens (tertiary/aromatic N) is 4. The van der Waals surface area contributed by atoms with Gasteiger partial charge in [0.25, 0.3) is 11.8 Å². The molecule has 3 aliphatic rings. The van der Waals surface area contributed by atoms with Crippen LogP contribution in [0.4, 0.5) is 24.7 Å². The zero-order chi connectivity index (χ0) is 22.5. The summed E-state index contributed by atoms with van der Waals surface area (Å²) in [5.74, 6) is -3.54. The number of hydrogen-bond donors (Lipinski definition) is 0. The van der Waals surface area contributed by atoms with Crippen LogP contribution in [0.3, 0.4) is 0 Å². The highest BCUT2D eigenvalue weighted by molar-refractivity contribution is 6.10. The molecular weight excluding hydrogens is 425 g/mol. The Hall–Kier alpha value is -2.88. The Kier molecular flexibility index (Phi) is 4.99. The molecule has 1 amide bonds. The second-order valence-corrected chi connectivity index (χ2v) is 8.65. The Morgan fingerprint density at radius 3 is 2.91 bits per heavy atom. The summed E-state index contributed by atoms with van der Waals surface area (Å²) in [5.41, 5.74) is -0.815. The minimum Gasteiger partial charge on any atom is -0.484 e. The summed E-state index contributed by atoms with van der Waals surface area (Å²) in [5, 5.41) is 0. The van der Waals surface area contributed by atoms with Crippen molar-refractivity contribution in [2.45, 2.75) is 31.8 Å². The van der Waals surface area contributed by atoms with E-state index in [0.717, 1.165) is 0 Å². The largest absolute Gasteiger partial charge is 0.484 e. The van der Waals surface area contributed by atoms with Crippen molar-refractivity contribution in [3.63, 3.8) is 0 Å². The van der Waals surface area contributed by atoms with Gasteiger partial charge in [0, 0.05) is 32.3 Å². The smallest absolute Gasteiger partial charge is 0.263 e. The van der Waals surface area contributed by atoms with Crippen LogP contribution in [0.1, 0.15) is 30.1 Å². The molecule has 1 aromatic heterocycles. The molecule has 10 heteroatoms. The third-order valence-corrected chi connectivity index (χ3v) is 6.53. The summed E-state index contributed by atoms with van der Waals surface area (Å²) in [6.07, 6.45) is 2.15. The summed E-state index contributed by atoms with van der Waals surface area (Å²) in [4.78, 5) is 25.0. The molecule has 1 spiro atoms. The Bertz CT molecular complexity index is 1040. The van der Waals surface area contributed by atoms with Crippen LogP contribution in [0.5, 0.6) is 5.75 Å². The van der Waals surface area contributed by atoms with Gasteiger partial charge in [-0.2, -0.15) is 0 Å². The summed E-state index contributed by atoms with van der Waals surface area (Å²) >= 11 is 0. The molecule has 0 saturated carbocycles. The molecule has 0 N–H and O–H groups in total. The van der Waals surface area contributed by atoms with E-state index in [2.05, 4.69) is 9.97 Å². The molecule has 2 aromatic rings. The van der Waals surface area contributed by atoms with E-state index in [0.29, 0.717) is 11.5 Å². The average Bonchev–Trinajstić information content (AvgIpc) is 3.26. The summed E-state index contributed by atoms with van der Waals surface area (Å²) in [7, 11) is 0. The maximum absolute atomic E-state index is 14.8. The number of anilines is 2. The van der Waals surface area contributed by atoms with Gasteiger partial charge in [0.05, 0.1) is 24.3 Å². The summed E-state index contributed by atoms with van der Waals surface area (Å²) in [6.45, 7) is 2.29. The lowest BCUT2D eigenvalue weighted by Crippen LogP contribution is -2.57. The van der Waals surface area contributed by atoms with Gasteiger partial charge in [0.15, 0.2) is 11.6 Å². The van der Waals surface area contributed by atoms with Crippen LogP contribution in [-0.4, -0.2) is 60.7 Å². The number of amides is 1. The van der Waals surface area contributed by atoms with Crippen molar-refractivity contribution < 1.29 is 27.4 Å². The molecule has 170 valence electrons. The highest BCUT2D eigenvalue weighted by Gasteiger charge is 2.58. The number of carbonyl (C=O) groups excluding carboxylic acids is 1. The number of alkyl halides is 2. The molecule has 7 nitrogen and oxygen atoms in total. The predicted molar refractivity (Wildman–Crippen MR) is 110 cm³/mol. The van der Waals surface area contributed by atoms with Gasteiger partial charge in [-0.3, -0.25) is 4.79 Å². The number of ether oxygens (including phenoxy) is 2. The number of aromatic nitrogens is 2. The number of rotatable bonds is 2. The van der Waals surface area contributed by atoms with Crippen molar-refractivity contribution >= 4 is 17.4 Å². The molecule has 2 saturated heterocycles. The number of piperidine rings is 1. The second-order valence-electron chi connectivity index (χ2n) is 8.65. The normalized spacial score (nSPS) is 26.7. The molecule has 5 rings (SSSR count). The van der Waals surface area contributed by atoms with Crippen LogP contribution >= 0.6 is 0 Å². The van der Waals surface area contributed by atoms with Crippen LogP contribution in [-0.2, 0) is 4.74 Å². The predicted octanol–water partition coefficient (Wildman–Crippen LogP) is 3.30. The highest BCUT2D eigenvalue weighted by Crippen LogP contribution is 2.49. The fourth-order valence-corrected chi connectivity index (χ4v) is 4.79. The highest BCUT2D eigenvalue weighted by atomic mass is 19.3. The lowest BCUT2D eigenvalue weighted by molar-refractivity contribution is -0.135. The van der Waals surface area contributed by atoms with Crippen molar-refractivity contribution in [1.29, 1.82) is 0 Å². The first-order valence-corrected chi connectivity index (χ1v) is 10.6. The number of fused-ring (bicyclic) bond motifs is 1. The topological polar surface area (TPSA) is 67.8 Å². The maximum Gasteiger partial charge on any atom is 0.263 e. The number of para-hydroxylation sites is 1. The first kappa shape index (κ1) is 21.0. The number of carbonyl (C=O) groups is 1. The first-order valence-electron chi connectivity index (χ1n) is 10.6. The Balaban J connectivity index is 1.50.